The van der Waals surface area contributed by atoms with Gasteiger partial charge in [0.05, 0.1) is 23.9 Å². The molecular formula is C12H10N2O3. The van der Waals surface area contributed by atoms with Crippen LogP contribution in [0.4, 0.5) is 5.69 Å². The summed E-state index contributed by atoms with van der Waals surface area (Å²) in [6, 6.07) is 10.7. The van der Waals surface area contributed by atoms with Crippen molar-refractivity contribution in [2.24, 2.45) is 0 Å². The third-order valence-electron chi connectivity index (χ3n) is 2.33. The second-order valence-corrected chi connectivity index (χ2v) is 3.36. The predicted molar refractivity (Wildman–Crippen MR) is 62.9 cm³/mol. The Labute approximate surface area is 97.8 Å². The molecule has 2 aromatic rings. The monoisotopic (exact) mass is 230 g/mol. The lowest BCUT2D eigenvalue weighted by atomic mass is 10.1. The third kappa shape index (κ3) is 2.23. The van der Waals surface area contributed by atoms with Crippen LogP contribution in [0.1, 0.15) is 0 Å². The standard InChI is InChI=1S/C12H10N2O3/c1-17-12-8-13-10(7-11(12)14(15)16)9-5-3-2-4-6-9/h2-8H,1H3. The number of nitrogens with zero attached hydrogens (tertiary/aromatic N) is 2. The highest BCUT2D eigenvalue weighted by atomic mass is 16.6. The number of aromatic nitrogens is 1. The van der Waals surface area contributed by atoms with Crippen LogP contribution in [0.3, 0.4) is 0 Å². The number of methoxy groups -OCH3 is 1. The van der Waals surface area contributed by atoms with Crippen LogP contribution in [0.15, 0.2) is 42.6 Å². The first kappa shape index (κ1) is 11.1. The zero-order valence-electron chi connectivity index (χ0n) is 9.16. The molecule has 0 aliphatic carbocycles. The summed E-state index contributed by atoms with van der Waals surface area (Å²) in [6.07, 6.45) is 1.36. The zero-order chi connectivity index (χ0) is 12.3. The van der Waals surface area contributed by atoms with Crippen LogP contribution >= 0.6 is 0 Å². The molecule has 0 saturated heterocycles. The Kier molecular flexibility index (Phi) is 3.00. The number of hydrogen-bond acceptors (Lipinski definition) is 4. The van der Waals surface area contributed by atoms with Gasteiger partial charge in [0.2, 0.25) is 5.75 Å². The molecule has 0 atom stereocenters. The molecule has 0 fully saturated rings. The van der Waals surface area contributed by atoms with Crippen molar-refractivity contribution in [3.05, 3.63) is 52.7 Å². The summed E-state index contributed by atoms with van der Waals surface area (Å²) in [7, 11) is 1.38. The molecule has 0 N–H and O–H groups in total. The van der Waals surface area contributed by atoms with E-state index in [2.05, 4.69) is 4.98 Å². The highest BCUT2D eigenvalue weighted by molar-refractivity contribution is 5.64. The molecule has 0 amide bonds. The molecule has 0 unspecified atom stereocenters. The largest absolute Gasteiger partial charge is 0.489 e. The van der Waals surface area contributed by atoms with Crippen molar-refractivity contribution in [1.82, 2.24) is 4.98 Å². The van der Waals surface area contributed by atoms with Crippen molar-refractivity contribution < 1.29 is 9.66 Å². The van der Waals surface area contributed by atoms with Gasteiger partial charge in [-0.25, -0.2) is 0 Å². The van der Waals surface area contributed by atoms with E-state index >= 15 is 0 Å². The fourth-order valence-electron chi connectivity index (χ4n) is 1.50. The van der Waals surface area contributed by atoms with E-state index in [0.29, 0.717) is 5.69 Å². The SMILES string of the molecule is COc1cnc(-c2ccccc2)cc1[N+](=O)[O-]. The Morgan fingerprint density at radius 1 is 1.29 bits per heavy atom. The van der Waals surface area contributed by atoms with Gasteiger partial charge in [-0.05, 0) is 0 Å². The summed E-state index contributed by atoms with van der Waals surface area (Å²) in [4.78, 5) is 14.5. The third-order valence-corrected chi connectivity index (χ3v) is 2.33. The Hall–Kier alpha value is -2.43. The number of pyridine rings is 1. The van der Waals surface area contributed by atoms with Crippen molar-refractivity contribution in [1.29, 1.82) is 0 Å². The summed E-state index contributed by atoms with van der Waals surface area (Å²) in [5.74, 6) is 0.162. The maximum absolute atomic E-state index is 10.9. The average molecular weight is 230 g/mol. The van der Waals surface area contributed by atoms with Gasteiger partial charge in [0.1, 0.15) is 0 Å². The van der Waals surface area contributed by atoms with E-state index in [-0.39, 0.29) is 11.4 Å². The molecule has 0 aliphatic rings. The molecule has 1 aromatic carbocycles. The first-order chi connectivity index (χ1) is 8.22. The molecule has 0 spiro atoms. The smallest absolute Gasteiger partial charge is 0.314 e. The topological polar surface area (TPSA) is 65.3 Å². The lowest BCUT2D eigenvalue weighted by Gasteiger charge is -2.04. The molecule has 17 heavy (non-hydrogen) atoms. The summed E-state index contributed by atoms with van der Waals surface area (Å²) in [6.45, 7) is 0. The summed E-state index contributed by atoms with van der Waals surface area (Å²) in [5.41, 5.74) is 1.30. The van der Waals surface area contributed by atoms with Crippen molar-refractivity contribution >= 4 is 5.69 Å². The second-order valence-electron chi connectivity index (χ2n) is 3.36. The molecule has 1 heterocycles. The number of nitro groups is 1. The van der Waals surface area contributed by atoms with Gasteiger partial charge < -0.3 is 4.74 Å². The number of benzene rings is 1. The fraction of sp³-hybridized carbons (Fsp3) is 0.0833. The van der Waals surface area contributed by atoms with Crippen LogP contribution in [0, 0.1) is 10.1 Å². The average Bonchev–Trinajstić information content (AvgIpc) is 2.39. The molecular weight excluding hydrogens is 220 g/mol. The summed E-state index contributed by atoms with van der Waals surface area (Å²) < 4.78 is 4.89. The van der Waals surface area contributed by atoms with E-state index in [1.54, 1.807) is 0 Å². The predicted octanol–water partition coefficient (Wildman–Crippen LogP) is 2.67. The minimum Gasteiger partial charge on any atom is -0.489 e. The Bertz CT molecular complexity index is 541. The van der Waals surface area contributed by atoms with Crippen LogP contribution in [0.5, 0.6) is 5.75 Å². The zero-order valence-corrected chi connectivity index (χ0v) is 9.16. The molecule has 5 nitrogen and oxygen atoms in total. The van der Waals surface area contributed by atoms with Gasteiger partial charge in [0.15, 0.2) is 0 Å². The molecule has 0 bridgehead atoms. The molecule has 2 rings (SSSR count). The van der Waals surface area contributed by atoms with Gasteiger partial charge in [-0.3, -0.25) is 15.1 Å². The summed E-state index contributed by atoms with van der Waals surface area (Å²) >= 11 is 0. The second kappa shape index (κ2) is 4.61. The molecule has 0 radical (unpaired) electrons. The lowest BCUT2D eigenvalue weighted by molar-refractivity contribution is -0.385. The normalized spacial score (nSPS) is 9.94. The lowest BCUT2D eigenvalue weighted by Crippen LogP contribution is -1.95. The Morgan fingerprint density at radius 3 is 2.59 bits per heavy atom. The minimum atomic E-state index is -0.479. The molecule has 0 saturated carbocycles. The van der Waals surface area contributed by atoms with Gasteiger partial charge in [0, 0.05) is 11.6 Å². The van der Waals surface area contributed by atoms with E-state index < -0.39 is 4.92 Å². The van der Waals surface area contributed by atoms with Crippen LogP contribution in [0.25, 0.3) is 11.3 Å². The highest BCUT2D eigenvalue weighted by Gasteiger charge is 2.16. The van der Waals surface area contributed by atoms with Crippen LogP contribution in [-0.4, -0.2) is 17.0 Å². The summed E-state index contributed by atoms with van der Waals surface area (Å²) in [5, 5.41) is 10.9. The fourth-order valence-corrected chi connectivity index (χ4v) is 1.50. The van der Waals surface area contributed by atoms with E-state index in [0.717, 1.165) is 5.56 Å². The minimum absolute atomic E-state index is 0.0821. The molecule has 5 heteroatoms. The maximum Gasteiger partial charge on any atom is 0.314 e. The van der Waals surface area contributed by atoms with Crippen molar-refractivity contribution in [3.63, 3.8) is 0 Å². The van der Waals surface area contributed by atoms with Crippen molar-refractivity contribution in [2.75, 3.05) is 7.11 Å². The van der Waals surface area contributed by atoms with Gasteiger partial charge in [0.25, 0.3) is 0 Å². The quantitative estimate of drug-likeness (QED) is 0.600. The molecule has 1 aromatic heterocycles. The van der Waals surface area contributed by atoms with Crippen molar-refractivity contribution in [3.8, 4) is 17.0 Å². The van der Waals surface area contributed by atoms with Crippen LogP contribution in [0.2, 0.25) is 0 Å². The van der Waals surface area contributed by atoms with E-state index in [1.165, 1.54) is 19.4 Å². The first-order valence-corrected chi connectivity index (χ1v) is 4.96. The van der Waals surface area contributed by atoms with E-state index in [9.17, 15) is 10.1 Å². The van der Waals surface area contributed by atoms with Gasteiger partial charge in [-0.15, -0.1) is 0 Å². The molecule has 86 valence electrons. The van der Waals surface area contributed by atoms with E-state index in [4.69, 9.17) is 4.74 Å². The Morgan fingerprint density at radius 2 is 2.00 bits per heavy atom. The van der Waals surface area contributed by atoms with Gasteiger partial charge in [-0.2, -0.15) is 0 Å². The number of rotatable bonds is 3. The van der Waals surface area contributed by atoms with E-state index in [1.807, 2.05) is 30.3 Å². The first-order valence-electron chi connectivity index (χ1n) is 4.96. The molecule has 0 aliphatic heterocycles. The van der Waals surface area contributed by atoms with Crippen molar-refractivity contribution in [2.45, 2.75) is 0 Å². The highest BCUT2D eigenvalue weighted by Crippen LogP contribution is 2.29. The number of ether oxygens (including phenoxy) is 1. The van der Waals surface area contributed by atoms with Gasteiger partial charge in [-0.1, -0.05) is 30.3 Å². The van der Waals surface area contributed by atoms with Crippen LogP contribution < -0.4 is 4.74 Å². The van der Waals surface area contributed by atoms with Gasteiger partial charge >= 0.3 is 5.69 Å². The Balaban J connectivity index is 2.51. The number of hydrogen-bond donors (Lipinski definition) is 0. The maximum atomic E-state index is 10.9. The van der Waals surface area contributed by atoms with Crippen LogP contribution in [-0.2, 0) is 0 Å².